The number of hydrogen-bond acceptors (Lipinski definition) is 4. The molecule has 1 aromatic rings. The number of carbonyl (C=O) groups is 4. The van der Waals surface area contributed by atoms with Gasteiger partial charge in [-0.2, -0.15) is 0 Å². The van der Waals surface area contributed by atoms with Crippen molar-refractivity contribution in [2.75, 3.05) is 0 Å². The van der Waals surface area contributed by atoms with Crippen LogP contribution < -0.4 is 0 Å². The number of hydrogen-bond donors (Lipinski definition) is 2. The Hall–Kier alpha value is -2.50. The SMILES string of the molecule is CC(=O)C(C(=O)O)(C(c1ccccc1)C(C(C)=O)(C(=O)O)C(C)(C)C)C(C)(C)C. The van der Waals surface area contributed by atoms with Crippen molar-refractivity contribution in [1.82, 2.24) is 0 Å². The van der Waals surface area contributed by atoms with Gasteiger partial charge in [-0.3, -0.25) is 19.2 Å². The van der Waals surface area contributed by atoms with Gasteiger partial charge in [-0.25, -0.2) is 0 Å². The van der Waals surface area contributed by atoms with Crippen LogP contribution in [0.3, 0.4) is 0 Å². The Morgan fingerprint density at radius 2 is 1.00 bits per heavy atom. The second-order valence-corrected chi connectivity index (χ2v) is 9.68. The second kappa shape index (κ2) is 7.73. The molecule has 0 aliphatic carbocycles. The third kappa shape index (κ3) is 3.49. The van der Waals surface area contributed by atoms with E-state index in [1.54, 1.807) is 71.9 Å². The molecular formula is C23H32O6. The smallest absolute Gasteiger partial charge is 0.318 e. The summed E-state index contributed by atoms with van der Waals surface area (Å²) in [5.74, 6) is -5.70. The molecule has 0 aliphatic heterocycles. The number of carboxylic acid groups (broad SMARTS) is 2. The number of aliphatic carboxylic acids is 2. The van der Waals surface area contributed by atoms with Crippen molar-refractivity contribution in [3.63, 3.8) is 0 Å². The summed E-state index contributed by atoms with van der Waals surface area (Å²) < 4.78 is 0. The Morgan fingerprint density at radius 3 is 1.21 bits per heavy atom. The van der Waals surface area contributed by atoms with Gasteiger partial charge in [0.1, 0.15) is 22.4 Å². The molecular weight excluding hydrogens is 372 g/mol. The molecule has 0 spiro atoms. The van der Waals surface area contributed by atoms with Crippen LogP contribution in [0.4, 0.5) is 0 Å². The number of rotatable bonds is 7. The number of carboxylic acids is 2. The summed E-state index contributed by atoms with van der Waals surface area (Å²) in [6.45, 7) is 11.9. The molecule has 0 saturated heterocycles. The van der Waals surface area contributed by atoms with Crippen molar-refractivity contribution in [2.45, 2.75) is 61.3 Å². The van der Waals surface area contributed by atoms with E-state index in [-0.39, 0.29) is 0 Å². The van der Waals surface area contributed by atoms with Crippen LogP contribution in [0.5, 0.6) is 0 Å². The summed E-state index contributed by atoms with van der Waals surface area (Å²) in [6.07, 6.45) is 0. The van der Waals surface area contributed by atoms with Crippen LogP contribution in [0.25, 0.3) is 0 Å². The first kappa shape index (κ1) is 24.5. The Kier molecular flexibility index (Phi) is 6.54. The molecule has 2 N–H and O–H groups in total. The molecule has 1 rings (SSSR count). The quantitative estimate of drug-likeness (QED) is 0.660. The minimum absolute atomic E-state index is 0.326. The third-order valence-electron chi connectivity index (χ3n) is 6.15. The van der Waals surface area contributed by atoms with Gasteiger partial charge in [-0.05, 0) is 30.2 Å². The number of carbonyl (C=O) groups excluding carboxylic acids is 2. The highest BCUT2D eigenvalue weighted by Crippen LogP contribution is 2.62. The van der Waals surface area contributed by atoms with Crippen molar-refractivity contribution in [3.8, 4) is 0 Å². The van der Waals surface area contributed by atoms with Gasteiger partial charge in [-0.1, -0.05) is 71.9 Å². The first-order chi connectivity index (χ1) is 13.0. The van der Waals surface area contributed by atoms with Gasteiger partial charge < -0.3 is 10.2 Å². The highest BCUT2D eigenvalue weighted by molar-refractivity contribution is 6.10. The van der Waals surface area contributed by atoms with Gasteiger partial charge >= 0.3 is 11.9 Å². The lowest BCUT2D eigenvalue weighted by Crippen LogP contribution is -2.64. The maximum absolute atomic E-state index is 13.1. The molecule has 0 bridgehead atoms. The standard InChI is InChI=1S/C23H32O6/c1-14(24)22(18(26)27,20(3,4)5)17(16-12-10-9-11-13-16)23(15(2)25,19(28)29)21(6,7)8/h9-13,17H,1-8H3,(H,26,27)(H,28,29). The Labute approximate surface area is 172 Å². The fourth-order valence-electron chi connectivity index (χ4n) is 4.99. The number of ketones is 2. The monoisotopic (exact) mass is 404 g/mol. The molecule has 0 aliphatic rings. The Bertz CT molecular complexity index is 730. The maximum atomic E-state index is 13.1. The topological polar surface area (TPSA) is 109 Å². The lowest BCUT2D eigenvalue weighted by molar-refractivity contribution is -0.181. The van der Waals surface area contributed by atoms with Crippen molar-refractivity contribution in [3.05, 3.63) is 35.9 Å². The molecule has 0 heterocycles. The molecule has 0 radical (unpaired) electrons. The van der Waals surface area contributed by atoms with Gasteiger partial charge in [0.05, 0.1) is 0 Å². The summed E-state index contributed by atoms with van der Waals surface area (Å²) in [4.78, 5) is 51.8. The van der Waals surface area contributed by atoms with E-state index in [2.05, 4.69) is 0 Å². The summed E-state index contributed by atoms with van der Waals surface area (Å²) in [7, 11) is 0. The van der Waals surface area contributed by atoms with Crippen molar-refractivity contribution < 1.29 is 29.4 Å². The van der Waals surface area contributed by atoms with Crippen LogP contribution in [0, 0.1) is 21.7 Å². The van der Waals surface area contributed by atoms with Crippen molar-refractivity contribution in [1.29, 1.82) is 0 Å². The van der Waals surface area contributed by atoms with E-state index in [0.29, 0.717) is 5.56 Å². The van der Waals surface area contributed by atoms with Crippen LogP contribution in [-0.2, 0) is 19.2 Å². The average molecular weight is 405 g/mol. The van der Waals surface area contributed by atoms with E-state index < -0.39 is 51.1 Å². The zero-order valence-corrected chi connectivity index (χ0v) is 18.5. The molecule has 2 atom stereocenters. The fraction of sp³-hybridized carbons (Fsp3) is 0.565. The minimum Gasteiger partial charge on any atom is -0.480 e. The zero-order chi connectivity index (χ0) is 23.0. The Morgan fingerprint density at radius 1 is 0.690 bits per heavy atom. The zero-order valence-electron chi connectivity index (χ0n) is 18.5. The van der Waals surface area contributed by atoms with Crippen LogP contribution in [0.2, 0.25) is 0 Å². The van der Waals surface area contributed by atoms with Gasteiger partial charge in [-0.15, -0.1) is 0 Å². The fourth-order valence-corrected chi connectivity index (χ4v) is 4.99. The summed E-state index contributed by atoms with van der Waals surface area (Å²) in [5, 5.41) is 20.9. The van der Waals surface area contributed by atoms with Crippen LogP contribution in [0.1, 0.15) is 66.9 Å². The van der Waals surface area contributed by atoms with Crippen LogP contribution >= 0.6 is 0 Å². The molecule has 0 aromatic heterocycles. The molecule has 6 nitrogen and oxygen atoms in total. The van der Waals surface area contributed by atoms with E-state index >= 15 is 0 Å². The molecule has 2 unspecified atom stereocenters. The summed E-state index contributed by atoms with van der Waals surface area (Å²) in [5.41, 5.74) is -6.37. The average Bonchev–Trinajstić information content (AvgIpc) is 2.51. The van der Waals surface area contributed by atoms with Crippen molar-refractivity contribution >= 4 is 23.5 Å². The lowest BCUT2D eigenvalue weighted by atomic mass is 9.44. The number of benzene rings is 1. The lowest BCUT2D eigenvalue weighted by Gasteiger charge is -2.54. The van der Waals surface area contributed by atoms with Crippen LogP contribution in [0.15, 0.2) is 30.3 Å². The Balaban J connectivity index is 4.41. The first-order valence-electron chi connectivity index (χ1n) is 9.54. The maximum Gasteiger partial charge on any atom is 0.318 e. The molecule has 0 saturated carbocycles. The highest BCUT2D eigenvalue weighted by Gasteiger charge is 2.71. The number of Topliss-reactive ketones (excluding diaryl/α,β-unsaturated/α-hetero) is 2. The van der Waals surface area contributed by atoms with Crippen LogP contribution in [-0.4, -0.2) is 33.7 Å². The largest absolute Gasteiger partial charge is 0.480 e. The molecule has 160 valence electrons. The normalized spacial score (nSPS) is 17.5. The first-order valence-corrected chi connectivity index (χ1v) is 9.54. The molecule has 0 amide bonds. The molecule has 29 heavy (non-hydrogen) atoms. The van der Waals surface area contributed by atoms with E-state index in [9.17, 15) is 29.4 Å². The van der Waals surface area contributed by atoms with E-state index in [1.807, 2.05) is 0 Å². The van der Waals surface area contributed by atoms with Gasteiger partial charge in [0.2, 0.25) is 0 Å². The van der Waals surface area contributed by atoms with E-state index in [4.69, 9.17) is 0 Å². The molecule has 0 fully saturated rings. The summed E-state index contributed by atoms with van der Waals surface area (Å²) in [6, 6.07) is 8.17. The highest BCUT2D eigenvalue weighted by atomic mass is 16.4. The minimum atomic E-state index is -2.16. The van der Waals surface area contributed by atoms with E-state index in [0.717, 1.165) is 13.8 Å². The summed E-state index contributed by atoms with van der Waals surface area (Å²) >= 11 is 0. The third-order valence-corrected chi connectivity index (χ3v) is 6.15. The predicted octanol–water partition coefficient (Wildman–Crippen LogP) is 4.18. The second-order valence-electron chi connectivity index (χ2n) is 9.68. The predicted molar refractivity (Wildman–Crippen MR) is 110 cm³/mol. The van der Waals surface area contributed by atoms with Gasteiger partial charge in [0.15, 0.2) is 0 Å². The molecule has 1 aromatic carbocycles. The molecule has 6 heteroatoms. The van der Waals surface area contributed by atoms with Gasteiger partial charge in [0, 0.05) is 5.92 Å². The van der Waals surface area contributed by atoms with E-state index in [1.165, 1.54) is 0 Å². The van der Waals surface area contributed by atoms with Gasteiger partial charge in [0.25, 0.3) is 0 Å². The van der Waals surface area contributed by atoms with Crippen molar-refractivity contribution in [2.24, 2.45) is 21.7 Å².